The molecule has 0 bridgehead atoms. The number of benzene rings is 1. The molecule has 0 saturated carbocycles. The molecule has 3 fully saturated rings. The SMILES string of the molecule is Cc1cc(Nc2nccc(OC3CCNCC3)n2)cc(-c2cnc(C34CCCN3C(=O)C4)s2)c1. The van der Waals surface area contributed by atoms with Gasteiger partial charge in [-0.2, -0.15) is 4.98 Å². The van der Waals surface area contributed by atoms with E-state index in [4.69, 9.17) is 9.72 Å². The monoisotopic (exact) mass is 476 g/mol. The zero-order valence-electron chi connectivity index (χ0n) is 19.2. The number of piperidine rings is 1. The van der Waals surface area contributed by atoms with Crippen molar-refractivity contribution < 1.29 is 9.53 Å². The summed E-state index contributed by atoms with van der Waals surface area (Å²) in [7, 11) is 0. The normalized spacial score (nSPS) is 22.4. The number of rotatable bonds is 6. The molecule has 8 nitrogen and oxygen atoms in total. The molecule has 3 saturated heterocycles. The molecular weight excluding hydrogens is 448 g/mol. The highest BCUT2D eigenvalue weighted by Crippen LogP contribution is 2.51. The molecule has 2 aromatic heterocycles. The third-order valence-corrected chi connectivity index (χ3v) is 8.20. The summed E-state index contributed by atoms with van der Waals surface area (Å²) in [5.74, 6) is 1.36. The molecule has 34 heavy (non-hydrogen) atoms. The molecule has 1 unspecified atom stereocenters. The van der Waals surface area contributed by atoms with Crippen molar-refractivity contribution >= 4 is 28.9 Å². The molecule has 0 radical (unpaired) electrons. The molecule has 3 aliphatic heterocycles. The first kappa shape index (κ1) is 21.5. The van der Waals surface area contributed by atoms with E-state index in [1.165, 1.54) is 0 Å². The second kappa shape index (κ2) is 8.63. The summed E-state index contributed by atoms with van der Waals surface area (Å²) in [6, 6.07) is 8.15. The number of hydrogen-bond donors (Lipinski definition) is 2. The van der Waals surface area contributed by atoms with Crippen LogP contribution in [0.2, 0.25) is 0 Å². The Bertz CT molecular complexity index is 1220. The van der Waals surface area contributed by atoms with Gasteiger partial charge < -0.3 is 20.3 Å². The van der Waals surface area contributed by atoms with Crippen molar-refractivity contribution in [2.75, 3.05) is 25.0 Å². The Labute approximate surface area is 202 Å². The lowest BCUT2D eigenvalue weighted by Gasteiger charge is -2.45. The van der Waals surface area contributed by atoms with Gasteiger partial charge in [0.05, 0.1) is 11.3 Å². The fourth-order valence-electron chi connectivity index (χ4n) is 5.28. The molecule has 6 rings (SSSR count). The Hall–Kier alpha value is -3.04. The van der Waals surface area contributed by atoms with Crippen LogP contribution in [0, 0.1) is 6.92 Å². The molecular formula is C25H28N6O2S. The smallest absolute Gasteiger partial charge is 0.230 e. The number of carbonyl (C=O) groups excluding carboxylic acids is 1. The van der Waals surface area contributed by atoms with Crippen molar-refractivity contribution in [3.8, 4) is 16.3 Å². The van der Waals surface area contributed by atoms with E-state index < -0.39 is 0 Å². The minimum atomic E-state index is -0.159. The van der Waals surface area contributed by atoms with Crippen LogP contribution in [0.4, 0.5) is 11.6 Å². The van der Waals surface area contributed by atoms with Gasteiger partial charge in [-0.05, 0) is 69.0 Å². The van der Waals surface area contributed by atoms with Crippen molar-refractivity contribution in [3.63, 3.8) is 0 Å². The van der Waals surface area contributed by atoms with Gasteiger partial charge in [-0.1, -0.05) is 6.07 Å². The number of fused-ring (bicyclic) bond motifs is 1. The average Bonchev–Trinajstić information content (AvgIpc) is 3.45. The number of ether oxygens (including phenoxy) is 1. The number of β-lactam (4-membered cyclic amide) rings is 1. The molecule has 5 heterocycles. The molecule has 0 aliphatic carbocycles. The lowest BCUT2D eigenvalue weighted by atomic mass is 9.85. The minimum absolute atomic E-state index is 0.159. The molecule has 2 N–H and O–H groups in total. The molecule has 9 heteroatoms. The Morgan fingerprint density at radius 2 is 2.12 bits per heavy atom. The predicted molar refractivity (Wildman–Crippen MR) is 131 cm³/mol. The zero-order chi connectivity index (χ0) is 23.1. The maximum atomic E-state index is 12.0. The largest absolute Gasteiger partial charge is 0.474 e. The second-order valence-electron chi connectivity index (χ2n) is 9.39. The van der Waals surface area contributed by atoms with E-state index in [9.17, 15) is 4.79 Å². The summed E-state index contributed by atoms with van der Waals surface area (Å²) in [6.07, 6.45) is 8.49. The van der Waals surface area contributed by atoms with E-state index in [0.29, 0.717) is 18.2 Å². The van der Waals surface area contributed by atoms with E-state index in [-0.39, 0.29) is 17.6 Å². The Balaban J connectivity index is 1.21. The van der Waals surface area contributed by atoms with Crippen molar-refractivity contribution in [1.82, 2.24) is 25.2 Å². The third-order valence-electron chi connectivity index (χ3n) is 6.96. The van der Waals surface area contributed by atoms with E-state index in [0.717, 1.165) is 72.0 Å². The topological polar surface area (TPSA) is 92.3 Å². The van der Waals surface area contributed by atoms with E-state index in [1.807, 2.05) is 17.2 Å². The fourth-order valence-corrected chi connectivity index (χ4v) is 6.41. The summed E-state index contributed by atoms with van der Waals surface area (Å²) in [6.45, 7) is 4.88. The average molecular weight is 477 g/mol. The fraction of sp³-hybridized carbons (Fsp3) is 0.440. The number of aromatic nitrogens is 3. The van der Waals surface area contributed by atoms with Gasteiger partial charge in [-0.3, -0.25) is 4.79 Å². The zero-order valence-corrected chi connectivity index (χ0v) is 20.0. The first-order chi connectivity index (χ1) is 16.6. The molecule has 3 aromatic rings. The van der Waals surface area contributed by atoms with E-state index >= 15 is 0 Å². The quantitative estimate of drug-likeness (QED) is 0.520. The van der Waals surface area contributed by atoms with Crippen LogP contribution in [0.5, 0.6) is 5.88 Å². The van der Waals surface area contributed by atoms with Gasteiger partial charge in [0.25, 0.3) is 0 Å². The summed E-state index contributed by atoms with van der Waals surface area (Å²) >= 11 is 1.70. The van der Waals surface area contributed by atoms with Crippen LogP contribution >= 0.6 is 11.3 Å². The second-order valence-corrected chi connectivity index (χ2v) is 10.4. The van der Waals surface area contributed by atoms with Gasteiger partial charge in [0, 0.05) is 30.7 Å². The van der Waals surface area contributed by atoms with Crippen LogP contribution in [-0.2, 0) is 10.3 Å². The van der Waals surface area contributed by atoms with E-state index in [2.05, 4.69) is 45.7 Å². The number of hydrogen-bond acceptors (Lipinski definition) is 8. The first-order valence-electron chi connectivity index (χ1n) is 12.0. The van der Waals surface area contributed by atoms with Crippen LogP contribution in [-0.4, -0.2) is 51.5 Å². The highest BCUT2D eigenvalue weighted by Gasteiger charge is 2.56. The standard InChI is InChI=1S/C25H28N6O2S/c1-16-11-17(20-15-28-23(34-20)25-6-2-10-31(25)22(32)14-25)13-18(12-16)29-24-27-9-5-21(30-24)33-19-3-7-26-8-4-19/h5,9,11-13,15,19,26H,2-4,6-8,10,14H2,1H3,(H,27,29,30). The van der Waals surface area contributed by atoms with Gasteiger partial charge >= 0.3 is 0 Å². The van der Waals surface area contributed by atoms with Crippen LogP contribution in [0.15, 0.2) is 36.7 Å². The molecule has 1 amide bonds. The van der Waals surface area contributed by atoms with Gasteiger partial charge in [0.1, 0.15) is 16.7 Å². The highest BCUT2D eigenvalue weighted by atomic mass is 32.1. The van der Waals surface area contributed by atoms with E-state index in [1.54, 1.807) is 17.5 Å². The minimum Gasteiger partial charge on any atom is -0.474 e. The van der Waals surface area contributed by atoms with Gasteiger partial charge in [0.15, 0.2) is 0 Å². The number of nitrogens with zero attached hydrogens (tertiary/aromatic N) is 4. The number of thiazole rings is 1. The van der Waals surface area contributed by atoms with Gasteiger partial charge in [-0.15, -0.1) is 11.3 Å². The van der Waals surface area contributed by atoms with Crippen LogP contribution < -0.4 is 15.4 Å². The number of anilines is 2. The van der Waals surface area contributed by atoms with Crippen molar-refractivity contribution in [1.29, 1.82) is 0 Å². The predicted octanol–water partition coefficient (Wildman–Crippen LogP) is 4.00. The Morgan fingerprint density at radius 3 is 2.97 bits per heavy atom. The molecule has 176 valence electrons. The molecule has 0 spiro atoms. The number of carbonyl (C=O) groups is 1. The first-order valence-corrected chi connectivity index (χ1v) is 12.8. The van der Waals surface area contributed by atoms with Crippen LogP contribution in [0.25, 0.3) is 10.4 Å². The number of aryl methyl sites for hydroxylation is 1. The highest BCUT2D eigenvalue weighted by molar-refractivity contribution is 7.15. The third kappa shape index (κ3) is 3.92. The van der Waals surface area contributed by atoms with Crippen LogP contribution in [0.1, 0.15) is 42.7 Å². The number of nitrogens with one attached hydrogen (secondary N) is 2. The van der Waals surface area contributed by atoms with Crippen molar-refractivity contribution in [3.05, 3.63) is 47.2 Å². The maximum absolute atomic E-state index is 12.0. The lowest BCUT2D eigenvalue weighted by molar-refractivity contribution is -0.153. The summed E-state index contributed by atoms with van der Waals surface area (Å²) in [5.41, 5.74) is 2.99. The number of amides is 1. The summed E-state index contributed by atoms with van der Waals surface area (Å²) < 4.78 is 6.07. The van der Waals surface area contributed by atoms with Crippen molar-refractivity contribution in [2.24, 2.45) is 0 Å². The maximum Gasteiger partial charge on any atom is 0.230 e. The molecule has 1 atom stereocenters. The molecule has 1 aromatic carbocycles. The van der Waals surface area contributed by atoms with Crippen LogP contribution in [0.3, 0.4) is 0 Å². The lowest BCUT2D eigenvalue weighted by Crippen LogP contribution is -2.57. The Kier molecular flexibility index (Phi) is 5.45. The summed E-state index contributed by atoms with van der Waals surface area (Å²) in [4.78, 5) is 28.9. The van der Waals surface area contributed by atoms with Gasteiger partial charge in [0.2, 0.25) is 17.7 Å². The summed E-state index contributed by atoms with van der Waals surface area (Å²) in [5, 5.41) is 7.75. The van der Waals surface area contributed by atoms with Gasteiger partial charge in [-0.25, -0.2) is 9.97 Å². The molecule has 3 aliphatic rings. The Morgan fingerprint density at radius 1 is 1.24 bits per heavy atom. The van der Waals surface area contributed by atoms with Crippen molar-refractivity contribution in [2.45, 2.75) is 50.7 Å².